The molecule has 0 saturated carbocycles. The van der Waals surface area contributed by atoms with Crippen LogP contribution in [0.25, 0.3) is 0 Å². The zero-order valence-electron chi connectivity index (χ0n) is 18.2. The van der Waals surface area contributed by atoms with Crippen LogP contribution in [0.15, 0.2) is 18.2 Å². The lowest BCUT2D eigenvalue weighted by Crippen LogP contribution is -2.51. The molecular weight excluding hydrogens is 398 g/mol. The van der Waals surface area contributed by atoms with Gasteiger partial charge < -0.3 is 14.7 Å². The Morgan fingerprint density at radius 3 is 2.48 bits per heavy atom. The highest BCUT2D eigenvalue weighted by Crippen LogP contribution is 2.32. The molecule has 1 unspecified atom stereocenters. The van der Waals surface area contributed by atoms with E-state index in [0.717, 1.165) is 75.3 Å². The number of piperazine rings is 1. The number of likely N-dealkylation sites (N-methyl/N-ethyl adjacent to an activating group) is 1. The van der Waals surface area contributed by atoms with Gasteiger partial charge in [0.15, 0.2) is 0 Å². The Morgan fingerprint density at radius 1 is 1.10 bits per heavy atom. The molecule has 0 radical (unpaired) electrons. The summed E-state index contributed by atoms with van der Waals surface area (Å²) < 4.78 is 0. The summed E-state index contributed by atoms with van der Waals surface area (Å²) in [6, 6.07) is 5.52. The van der Waals surface area contributed by atoms with Crippen LogP contribution in [-0.4, -0.2) is 87.3 Å². The van der Waals surface area contributed by atoms with E-state index in [0.29, 0.717) is 12.8 Å². The van der Waals surface area contributed by atoms with Crippen molar-refractivity contribution in [1.82, 2.24) is 15.1 Å². The van der Waals surface area contributed by atoms with E-state index in [1.807, 2.05) is 30.1 Å². The molecule has 31 heavy (non-hydrogen) atoms. The van der Waals surface area contributed by atoms with E-state index in [4.69, 9.17) is 0 Å². The minimum atomic E-state index is -0.451. The Labute approximate surface area is 182 Å². The first kappa shape index (κ1) is 22.7. The zero-order valence-corrected chi connectivity index (χ0v) is 18.2. The molecule has 1 aromatic carbocycles. The van der Waals surface area contributed by atoms with Crippen molar-refractivity contribution in [1.29, 1.82) is 0 Å². The molecular formula is C22H31N5O4. The second kappa shape index (κ2) is 10.4. The first-order valence-corrected chi connectivity index (χ1v) is 10.7. The quantitative estimate of drug-likeness (QED) is 0.446. The van der Waals surface area contributed by atoms with Crippen LogP contribution >= 0.6 is 0 Å². The van der Waals surface area contributed by atoms with Crippen molar-refractivity contribution in [2.24, 2.45) is 0 Å². The van der Waals surface area contributed by atoms with E-state index in [-0.39, 0.29) is 11.8 Å². The lowest BCUT2D eigenvalue weighted by atomic mass is 10.0. The number of imide groups is 1. The van der Waals surface area contributed by atoms with E-state index in [9.17, 15) is 19.2 Å². The first-order chi connectivity index (χ1) is 14.9. The number of benzene rings is 1. The third kappa shape index (κ3) is 5.61. The highest BCUT2D eigenvalue weighted by Gasteiger charge is 2.31. The van der Waals surface area contributed by atoms with Crippen LogP contribution in [-0.2, 0) is 25.6 Å². The van der Waals surface area contributed by atoms with Crippen LogP contribution < -0.4 is 15.1 Å². The predicted octanol–water partition coefficient (Wildman–Crippen LogP) is 0.227. The molecule has 2 saturated heterocycles. The molecule has 0 aliphatic carbocycles. The normalized spacial score (nSPS) is 19.7. The molecule has 0 spiro atoms. The number of hydrogen-bond acceptors (Lipinski definition) is 6. The smallest absolute Gasteiger partial charge is 0.249 e. The molecule has 0 bridgehead atoms. The monoisotopic (exact) mass is 429 g/mol. The summed E-state index contributed by atoms with van der Waals surface area (Å²) >= 11 is 0. The Kier molecular flexibility index (Phi) is 7.62. The number of aryl methyl sites for hydroxylation is 1. The number of carbonyl (C=O) groups is 4. The fraction of sp³-hybridized carbons (Fsp3) is 0.545. The summed E-state index contributed by atoms with van der Waals surface area (Å²) in [6.07, 6.45) is 4.27. The minimum Gasteiger partial charge on any atom is -0.361 e. The van der Waals surface area contributed by atoms with Crippen molar-refractivity contribution < 1.29 is 19.2 Å². The highest BCUT2D eigenvalue weighted by atomic mass is 16.2. The fourth-order valence-electron chi connectivity index (χ4n) is 4.18. The zero-order chi connectivity index (χ0) is 22.4. The number of nitrogens with zero attached hydrogens (tertiary/aromatic N) is 4. The third-order valence-electron chi connectivity index (χ3n) is 6.13. The number of piperidine rings is 1. The van der Waals surface area contributed by atoms with Gasteiger partial charge in [0.25, 0.3) is 0 Å². The van der Waals surface area contributed by atoms with Gasteiger partial charge in [-0.25, -0.2) is 0 Å². The van der Waals surface area contributed by atoms with E-state index >= 15 is 0 Å². The third-order valence-corrected chi connectivity index (χ3v) is 6.13. The number of carbonyl (C=O) groups excluding carboxylic acids is 4. The summed E-state index contributed by atoms with van der Waals surface area (Å²) in [4.78, 5) is 53.6. The van der Waals surface area contributed by atoms with Crippen LogP contribution in [0.4, 0.5) is 11.4 Å². The lowest BCUT2D eigenvalue weighted by Gasteiger charge is -2.34. The average Bonchev–Trinajstić information content (AvgIpc) is 2.78. The number of amides is 4. The van der Waals surface area contributed by atoms with Gasteiger partial charge in [0.1, 0.15) is 6.04 Å². The summed E-state index contributed by atoms with van der Waals surface area (Å²) in [5.74, 6) is -0.556. The summed E-state index contributed by atoms with van der Waals surface area (Å²) in [6.45, 7) is 4.31. The average molecular weight is 430 g/mol. The summed E-state index contributed by atoms with van der Waals surface area (Å²) in [5, 5.41) is 2.39. The molecule has 4 amide bonds. The van der Waals surface area contributed by atoms with Gasteiger partial charge in [-0.15, -0.1) is 0 Å². The predicted molar refractivity (Wildman–Crippen MR) is 118 cm³/mol. The summed E-state index contributed by atoms with van der Waals surface area (Å²) in [7, 11) is 3.51. The highest BCUT2D eigenvalue weighted by molar-refractivity contribution is 6.02. The molecule has 1 N–H and O–H groups in total. The van der Waals surface area contributed by atoms with Gasteiger partial charge in [-0.3, -0.25) is 29.4 Å². The van der Waals surface area contributed by atoms with E-state index < -0.39 is 6.04 Å². The Balaban J connectivity index is 1.65. The van der Waals surface area contributed by atoms with Crippen LogP contribution in [0.5, 0.6) is 0 Å². The minimum absolute atomic E-state index is 0.247. The van der Waals surface area contributed by atoms with Crippen molar-refractivity contribution >= 4 is 36.0 Å². The SMILES string of the molecule is CN(C=O)c1cc(CCCN2CCN(C=O)CC2)ccc1N(C)C1CCC(=O)NC1=O. The van der Waals surface area contributed by atoms with Gasteiger partial charge in [0, 0.05) is 46.7 Å². The molecule has 1 aromatic rings. The van der Waals surface area contributed by atoms with Crippen molar-refractivity contribution in [3.8, 4) is 0 Å². The van der Waals surface area contributed by atoms with Crippen molar-refractivity contribution in [2.45, 2.75) is 31.7 Å². The van der Waals surface area contributed by atoms with Gasteiger partial charge in [-0.2, -0.15) is 0 Å². The maximum absolute atomic E-state index is 12.3. The lowest BCUT2D eigenvalue weighted by molar-refractivity contribution is -0.134. The van der Waals surface area contributed by atoms with Crippen molar-refractivity contribution in [2.75, 3.05) is 56.6 Å². The second-order valence-electron chi connectivity index (χ2n) is 8.20. The molecule has 1 atom stereocenters. The van der Waals surface area contributed by atoms with Crippen LogP contribution in [0.1, 0.15) is 24.8 Å². The van der Waals surface area contributed by atoms with E-state index in [1.165, 1.54) is 4.90 Å². The molecule has 2 fully saturated rings. The van der Waals surface area contributed by atoms with Gasteiger partial charge >= 0.3 is 0 Å². The van der Waals surface area contributed by atoms with Gasteiger partial charge in [-0.05, 0) is 43.5 Å². The molecule has 9 heteroatoms. The second-order valence-corrected chi connectivity index (χ2v) is 8.20. The maximum Gasteiger partial charge on any atom is 0.249 e. The number of rotatable bonds is 9. The fourth-order valence-corrected chi connectivity index (χ4v) is 4.18. The molecule has 3 rings (SSSR count). The Bertz CT molecular complexity index is 822. The molecule has 0 aromatic heterocycles. The standard InChI is InChI=1S/C22H31N5O4/c1-24(15-28)20-14-17(4-3-9-26-10-12-27(16-29)13-11-26)5-6-18(20)25(2)19-7-8-21(30)23-22(19)31/h5-6,14-16,19H,3-4,7-13H2,1-2H3,(H,23,30,31). The Morgan fingerprint density at radius 2 is 1.84 bits per heavy atom. The number of nitrogens with one attached hydrogen (secondary N) is 1. The molecule has 168 valence electrons. The maximum atomic E-state index is 12.3. The van der Waals surface area contributed by atoms with Gasteiger partial charge in [0.05, 0.1) is 11.4 Å². The van der Waals surface area contributed by atoms with Crippen LogP contribution in [0.3, 0.4) is 0 Å². The number of anilines is 2. The molecule has 2 aliphatic rings. The van der Waals surface area contributed by atoms with E-state index in [2.05, 4.69) is 10.2 Å². The largest absolute Gasteiger partial charge is 0.361 e. The van der Waals surface area contributed by atoms with Gasteiger partial charge in [0.2, 0.25) is 24.6 Å². The summed E-state index contributed by atoms with van der Waals surface area (Å²) in [5.41, 5.74) is 2.63. The van der Waals surface area contributed by atoms with E-state index in [1.54, 1.807) is 11.9 Å². The van der Waals surface area contributed by atoms with Crippen molar-refractivity contribution in [3.63, 3.8) is 0 Å². The Hall–Kier alpha value is -2.94. The molecule has 2 heterocycles. The number of hydrogen-bond donors (Lipinski definition) is 1. The van der Waals surface area contributed by atoms with Crippen molar-refractivity contribution in [3.05, 3.63) is 23.8 Å². The van der Waals surface area contributed by atoms with Gasteiger partial charge in [-0.1, -0.05) is 6.07 Å². The van der Waals surface area contributed by atoms with Crippen LogP contribution in [0, 0.1) is 0 Å². The molecule has 2 aliphatic heterocycles. The first-order valence-electron chi connectivity index (χ1n) is 10.7. The topological polar surface area (TPSA) is 93.3 Å². The molecule has 9 nitrogen and oxygen atoms in total. The van der Waals surface area contributed by atoms with Crippen LogP contribution in [0.2, 0.25) is 0 Å².